The van der Waals surface area contributed by atoms with Crippen LogP contribution in [0.4, 0.5) is 0 Å². The Balaban J connectivity index is 1.95. The molecule has 0 aromatic rings. The van der Waals surface area contributed by atoms with Crippen molar-refractivity contribution in [3.63, 3.8) is 0 Å². The van der Waals surface area contributed by atoms with Crippen molar-refractivity contribution in [2.24, 2.45) is 10.5 Å². The van der Waals surface area contributed by atoms with Crippen molar-refractivity contribution >= 4 is 14.4 Å². The summed E-state index contributed by atoms with van der Waals surface area (Å²) in [4.78, 5) is 0.517. The van der Waals surface area contributed by atoms with Crippen LogP contribution in [0.3, 0.4) is 0 Å². The van der Waals surface area contributed by atoms with Crippen molar-refractivity contribution in [1.29, 1.82) is 0 Å². The van der Waals surface area contributed by atoms with Crippen LogP contribution in [0.25, 0.3) is 0 Å². The van der Waals surface area contributed by atoms with E-state index in [0.717, 1.165) is 13.0 Å². The van der Waals surface area contributed by atoms with Gasteiger partial charge in [0, 0.05) is 11.6 Å². The normalized spacial score (nSPS) is 30.9. The van der Waals surface area contributed by atoms with Crippen LogP contribution in [0.15, 0.2) is 0 Å². The maximum Gasteiger partial charge on any atom is 0.422 e. The zero-order chi connectivity index (χ0) is 7.56. The standard InChI is InChI=1S/C6H13NO.Al.H2N/c1-2-3-5-8-6-4-7;;/h4,6H,2-3,5,7H2,1H3;;1H2/q;+1;-1. The zero-order valence-electron chi connectivity index (χ0n) is 6.42. The highest BCUT2D eigenvalue weighted by molar-refractivity contribution is 6.70. The molecule has 4 heteroatoms. The molecule has 0 bridgehead atoms. The number of nitrogens with two attached hydrogens (primary N) is 2. The summed E-state index contributed by atoms with van der Waals surface area (Å²) in [5.74, 6) is 0. The molecule has 1 aliphatic rings. The molecule has 3 nitrogen and oxygen atoms in total. The van der Waals surface area contributed by atoms with Crippen molar-refractivity contribution in [3.8, 4) is 0 Å². The molecule has 2 unspecified atom stereocenters. The Hall–Kier alpha value is 0.412. The summed E-state index contributed by atoms with van der Waals surface area (Å²) >= 11 is -1.09. The van der Waals surface area contributed by atoms with E-state index in [2.05, 4.69) is 6.92 Å². The smallest absolute Gasteiger partial charge is 0.410 e. The molecule has 1 fully saturated rings. The van der Waals surface area contributed by atoms with Crippen molar-refractivity contribution in [1.82, 2.24) is 0 Å². The summed E-state index contributed by atoms with van der Waals surface area (Å²) in [6.45, 7) is 2.99. The largest absolute Gasteiger partial charge is 0.422 e. The zero-order valence-corrected chi connectivity index (χ0v) is 7.57. The molecule has 1 saturated heterocycles. The first-order valence-corrected chi connectivity index (χ1v) is 5.90. The Labute approximate surface area is 66.3 Å². The average molecular weight is 158 g/mol. The second-order valence-corrected chi connectivity index (χ2v) is 5.43. The van der Waals surface area contributed by atoms with Crippen LogP contribution < -0.4 is 10.5 Å². The van der Waals surface area contributed by atoms with Crippen LogP contribution in [0.1, 0.15) is 19.8 Å². The molecule has 1 rings (SSSR count). The minimum atomic E-state index is -1.09. The van der Waals surface area contributed by atoms with E-state index in [1.807, 2.05) is 0 Å². The number of ether oxygens (including phenoxy) is 1. The van der Waals surface area contributed by atoms with E-state index in [1.54, 1.807) is 0 Å². The van der Waals surface area contributed by atoms with Gasteiger partial charge >= 0.3 is 14.4 Å². The van der Waals surface area contributed by atoms with Gasteiger partial charge in [-0.3, -0.25) is 0 Å². The highest BCUT2D eigenvalue weighted by Crippen LogP contribution is 2.17. The number of hydrogen-bond donors (Lipinski definition) is 2. The van der Waals surface area contributed by atoms with Gasteiger partial charge in [0.05, 0.1) is 0 Å². The van der Waals surface area contributed by atoms with Gasteiger partial charge in [-0.25, -0.2) is 0 Å². The highest BCUT2D eigenvalue weighted by atomic mass is 27.2. The first-order valence-electron chi connectivity index (χ1n) is 3.90. The third kappa shape index (κ3) is 1.95. The lowest BCUT2D eigenvalue weighted by Crippen LogP contribution is -2.18. The number of hydrogen-bond acceptors (Lipinski definition) is 3. The number of rotatable bonds is 4. The van der Waals surface area contributed by atoms with Crippen LogP contribution in [0, 0.1) is 0 Å². The van der Waals surface area contributed by atoms with Gasteiger partial charge in [0.25, 0.3) is 0 Å². The second-order valence-electron chi connectivity index (χ2n) is 2.84. The molecule has 0 aliphatic carbocycles. The molecule has 0 amide bonds. The Bertz CT molecular complexity index is 104. The summed E-state index contributed by atoms with van der Waals surface area (Å²) in [6.07, 6.45) is 2.31. The summed E-state index contributed by atoms with van der Waals surface area (Å²) in [7, 11) is 0. The summed E-state index contributed by atoms with van der Waals surface area (Å²) in [6, 6.07) is 0. The topological polar surface area (TPSA) is 61.3 Å². The SMILES string of the molecule is CCCCO[CH]1[CH](N)[Al]1[NH2]. The minimum absolute atomic E-state index is 0.233. The molecule has 1 heterocycles. The highest BCUT2D eigenvalue weighted by Gasteiger charge is 2.53. The van der Waals surface area contributed by atoms with E-state index in [1.165, 1.54) is 6.42 Å². The van der Waals surface area contributed by atoms with Crippen LogP contribution >= 0.6 is 0 Å². The maximum absolute atomic E-state index is 5.68. The Morgan fingerprint density at radius 1 is 1.60 bits per heavy atom. The molecular formula is C6H15AlN2O. The lowest BCUT2D eigenvalue weighted by molar-refractivity contribution is 0.126. The van der Waals surface area contributed by atoms with Crippen molar-refractivity contribution < 1.29 is 4.74 Å². The molecule has 58 valence electrons. The van der Waals surface area contributed by atoms with E-state index in [0.29, 0.717) is 0 Å². The first-order chi connectivity index (χ1) is 4.77. The van der Waals surface area contributed by atoms with Crippen molar-refractivity contribution in [3.05, 3.63) is 0 Å². The molecular weight excluding hydrogens is 143 g/mol. The predicted octanol–water partition coefficient (Wildman–Crippen LogP) is -0.459. The van der Waals surface area contributed by atoms with Gasteiger partial charge in [-0.05, 0) is 11.3 Å². The predicted molar refractivity (Wildman–Crippen MR) is 42.6 cm³/mol. The minimum Gasteiger partial charge on any atom is -0.410 e. The fourth-order valence-electron chi connectivity index (χ4n) is 0.915. The second kappa shape index (κ2) is 3.70. The molecule has 1 aliphatic heterocycles. The lowest BCUT2D eigenvalue weighted by Gasteiger charge is -2.00. The third-order valence-electron chi connectivity index (χ3n) is 1.87. The van der Waals surface area contributed by atoms with Crippen molar-refractivity contribution in [2.45, 2.75) is 29.6 Å². The van der Waals surface area contributed by atoms with Gasteiger partial charge in [-0.15, -0.1) is 0 Å². The molecule has 0 aromatic heterocycles. The fraction of sp³-hybridized carbons (Fsp3) is 1.00. The van der Waals surface area contributed by atoms with E-state index < -0.39 is 14.4 Å². The molecule has 4 N–H and O–H groups in total. The van der Waals surface area contributed by atoms with Crippen LogP contribution in [-0.2, 0) is 4.74 Å². The Morgan fingerprint density at radius 2 is 2.20 bits per heavy atom. The first kappa shape index (κ1) is 8.51. The molecule has 10 heavy (non-hydrogen) atoms. The van der Waals surface area contributed by atoms with Gasteiger partial charge < -0.3 is 15.2 Å². The van der Waals surface area contributed by atoms with E-state index in [-0.39, 0.29) is 9.87 Å². The monoisotopic (exact) mass is 158 g/mol. The fourth-order valence-corrected chi connectivity index (χ4v) is 2.43. The molecule has 2 atom stereocenters. The van der Waals surface area contributed by atoms with Gasteiger partial charge in [0.15, 0.2) is 0 Å². The van der Waals surface area contributed by atoms with E-state index >= 15 is 0 Å². The lowest BCUT2D eigenvalue weighted by atomic mass is 10.4. The molecule has 0 radical (unpaired) electrons. The average Bonchev–Trinajstić information content (AvgIpc) is 2.46. The molecule has 0 spiro atoms. The summed E-state index contributed by atoms with van der Waals surface area (Å²) < 4.78 is 11.1. The molecule has 0 aromatic carbocycles. The van der Waals surface area contributed by atoms with Gasteiger partial charge in [0.1, 0.15) is 0 Å². The quantitative estimate of drug-likeness (QED) is 0.430. The third-order valence-corrected chi connectivity index (χ3v) is 4.03. The summed E-state index contributed by atoms with van der Waals surface area (Å²) in [5.41, 5.74) is 5.60. The van der Waals surface area contributed by atoms with E-state index in [4.69, 9.17) is 15.2 Å². The maximum atomic E-state index is 5.68. The Kier molecular flexibility index (Phi) is 3.15. The molecule has 0 saturated carbocycles. The van der Waals surface area contributed by atoms with Crippen molar-refractivity contribution in [2.75, 3.05) is 6.61 Å². The van der Waals surface area contributed by atoms with Gasteiger partial charge in [0.2, 0.25) is 0 Å². The summed E-state index contributed by atoms with van der Waals surface area (Å²) in [5, 5.41) is 0. The van der Waals surface area contributed by atoms with Gasteiger partial charge in [-0.2, -0.15) is 0 Å². The van der Waals surface area contributed by atoms with Crippen LogP contribution in [0.5, 0.6) is 0 Å². The Morgan fingerprint density at radius 3 is 2.60 bits per heavy atom. The number of unbranched alkanes of at least 4 members (excludes halogenated alkanes) is 1. The van der Waals surface area contributed by atoms with E-state index in [9.17, 15) is 0 Å². The van der Waals surface area contributed by atoms with Crippen LogP contribution in [-0.4, -0.2) is 30.8 Å². The van der Waals surface area contributed by atoms with Crippen LogP contribution in [0.2, 0.25) is 0 Å². The van der Waals surface area contributed by atoms with Gasteiger partial charge in [-0.1, -0.05) is 13.3 Å².